The number of benzene rings is 1. The molecule has 20 heavy (non-hydrogen) atoms. The number of carbonyl (C=O) groups excluding carboxylic acids is 1. The molecule has 104 valence electrons. The first-order valence-electron chi connectivity index (χ1n) is 6.43. The Bertz CT molecular complexity index is 636. The van der Waals surface area contributed by atoms with Gasteiger partial charge in [-0.1, -0.05) is 12.1 Å². The summed E-state index contributed by atoms with van der Waals surface area (Å²) < 4.78 is 11.0. The van der Waals surface area contributed by atoms with Crippen LogP contribution in [-0.2, 0) is 6.42 Å². The zero-order valence-corrected chi connectivity index (χ0v) is 12.6. The molecule has 0 fully saturated rings. The van der Waals surface area contributed by atoms with E-state index in [1.165, 1.54) is 6.26 Å². The second kappa shape index (κ2) is 5.32. The Balaban J connectivity index is 2.06. The summed E-state index contributed by atoms with van der Waals surface area (Å²) >= 11 is 3.26. The highest BCUT2D eigenvalue weighted by Gasteiger charge is 2.28. The molecule has 0 spiro atoms. The number of fused-ring (bicyclic) bond motifs is 1. The number of hydrogen-bond donors (Lipinski definition) is 0. The van der Waals surface area contributed by atoms with Crippen molar-refractivity contribution in [1.82, 2.24) is 0 Å². The molecule has 1 amide bonds. The van der Waals surface area contributed by atoms with Gasteiger partial charge in [-0.25, -0.2) is 0 Å². The molecule has 0 N–H and O–H groups in total. The van der Waals surface area contributed by atoms with E-state index in [1.807, 2.05) is 18.2 Å². The molecule has 0 aliphatic carbocycles. The van der Waals surface area contributed by atoms with Crippen molar-refractivity contribution in [2.75, 3.05) is 18.6 Å². The fourth-order valence-corrected chi connectivity index (χ4v) is 2.98. The highest BCUT2D eigenvalue weighted by molar-refractivity contribution is 9.10. The van der Waals surface area contributed by atoms with Crippen LogP contribution in [0.2, 0.25) is 0 Å². The van der Waals surface area contributed by atoms with Crippen molar-refractivity contribution < 1.29 is 13.9 Å². The highest BCUT2D eigenvalue weighted by Crippen LogP contribution is 2.37. The number of methoxy groups -OCH3 is 1. The molecular formula is C15H14BrNO3. The molecule has 1 aromatic carbocycles. The Morgan fingerprint density at radius 2 is 2.25 bits per heavy atom. The predicted octanol–water partition coefficient (Wildman–Crippen LogP) is 3.64. The number of amides is 1. The summed E-state index contributed by atoms with van der Waals surface area (Å²) in [4.78, 5) is 14.5. The number of aryl methyl sites for hydroxylation is 1. The number of ether oxygens (including phenoxy) is 1. The number of anilines is 1. The molecule has 0 atom stereocenters. The lowest BCUT2D eigenvalue weighted by molar-refractivity contribution is 0.0982. The van der Waals surface area contributed by atoms with Gasteiger partial charge in [-0.2, -0.15) is 0 Å². The number of furan rings is 1. The van der Waals surface area contributed by atoms with Crippen molar-refractivity contribution in [3.8, 4) is 5.75 Å². The van der Waals surface area contributed by atoms with Gasteiger partial charge in [0.25, 0.3) is 5.91 Å². The SMILES string of the molecule is COc1cccc2c1N(C(=O)c1ccoc1Br)CCC2. The number of halogens is 1. The normalized spacial score (nSPS) is 14.0. The molecule has 2 aromatic rings. The fourth-order valence-electron chi connectivity index (χ4n) is 2.57. The van der Waals surface area contributed by atoms with Crippen LogP contribution in [0.1, 0.15) is 22.3 Å². The van der Waals surface area contributed by atoms with Crippen LogP contribution in [0.3, 0.4) is 0 Å². The molecule has 0 saturated heterocycles. The monoisotopic (exact) mass is 335 g/mol. The summed E-state index contributed by atoms with van der Waals surface area (Å²) in [7, 11) is 1.63. The first-order chi connectivity index (χ1) is 9.72. The van der Waals surface area contributed by atoms with Crippen LogP contribution in [0.15, 0.2) is 39.6 Å². The number of carbonyl (C=O) groups is 1. The fraction of sp³-hybridized carbons (Fsp3) is 0.267. The summed E-state index contributed by atoms with van der Waals surface area (Å²) in [5.74, 6) is 0.659. The molecule has 1 aliphatic rings. The summed E-state index contributed by atoms with van der Waals surface area (Å²) in [6.07, 6.45) is 3.41. The van der Waals surface area contributed by atoms with Crippen LogP contribution >= 0.6 is 15.9 Å². The molecule has 1 aromatic heterocycles. The van der Waals surface area contributed by atoms with E-state index in [0.29, 0.717) is 16.8 Å². The van der Waals surface area contributed by atoms with E-state index in [-0.39, 0.29) is 5.91 Å². The van der Waals surface area contributed by atoms with E-state index in [2.05, 4.69) is 15.9 Å². The standard InChI is InChI=1S/C15H14BrNO3/c1-19-12-6-2-4-10-5-3-8-17(13(10)12)15(18)11-7-9-20-14(11)16/h2,4,6-7,9H,3,5,8H2,1H3. The first-order valence-corrected chi connectivity index (χ1v) is 7.22. The quantitative estimate of drug-likeness (QED) is 0.841. The molecule has 0 saturated carbocycles. The number of rotatable bonds is 2. The van der Waals surface area contributed by atoms with Gasteiger partial charge >= 0.3 is 0 Å². The first kappa shape index (κ1) is 13.2. The van der Waals surface area contributed by atoms with E-state index in [0.717, 1.165) is 29.8 Å². The summed E-state index contributed by atoms with van der Waals surface area (Å²) in [6.45, 7) is 0.684. The van der Waals surface area contributed by atoms with Crippen LogP contribution in [0.5, 0.6) is 5.75 Å². The van der Waals surface area contributed by atoms with Gasteiger partial charge in [0.15, 0.2) is 4.67 Å². The van der Waals surface area contributed by atoms with Crippen LogP contribution in [0, 0.1) is 0 Å². The molecule has 0 unspecified atom stereocenters. The lowest BCUT2D eigenvalue weighted by atomic mass is 10.0. The van der Waals surface area contributed by atoms with E-state index in [4.69, 9.17) is 9.15 Å². The number of para-hydroxylation sites is 1. The molecule has 1 aliphatic heterocycles. The van der Waals surface area contributed by atoms with Gasteiger partial charge in [0, 0.05) is 6.54 Å². The Labute approximate surface area is 125 Å². The average molecular weight is 336 g/mol. The topological polar surface area (TPSA) is 42.7 Å². The third kappa shape index (κ3) is 2.12. The maximum absolute atomic E-state index is 12.7. The van der Waals surface area contributed by atoms with E-state index < -0.39 is 0 Å². The van der Waals surface area contributed by atoms with Gasteiger partial charge in [0.2, 0.25) is 0 Å². The van der Waals surface area contributed by atoms with Gasteiger partial charge in [-0.05, 0) is 46.5 Å². The smallest absolute Gasteiger partial charge is 0.262 e. The lowest BCUT2D eigenvalue weighted by Gasteiger charge is -2.30. The van der Waals surface area contributed by atoms with Crippen LogP contribution < -0.4 is 9.64 Å². The zero-order valence-electron chi connectivity index (χ0n) is 11.1. The summed E-state index contributed by atoms with van der Waals surface area (Å²) in [5.41, 5.74) is 2.55. The van der Waals surface area contributed by atoms with Gasteiger partial charge in [-0.15, -0.1) is 0 Å². The zero-order chi connectivity index (χ0) is 14.1. The van der Waals surface area contributed by atoms with Gasteiger partial charge in [0.1, 0.15) is 5.75 Å². The number of nitrogens with zero attached hydrogens (tertiary/aromatic N) is 1. The minimum absolute atomic E-state index is 0.0731. The predicted molar refractivity (Wildman–Crippen MR) is 79.4 cm³/mol. The van der Waals surface area contributed by atoms with Crippen LogP contribution in [-0.4, -0.2) is 19.6 Å². The molecule has 5 heteroatoms. The van der Waals surface area contributed by atoms with Crippen molar-refractivity contribution >= 4 is 27.5 Å². The highest BCUT2D eigenvalue weighted by atomic mass is 79.9. The number of hydrogen-bond acceptors (Lipinski definition) is 3. The van der Waals surface area contributed by atoms with Gasteiger partial charge in [-0.3, -0.25) is 4.79 Å². The summed E-state index contributed by atoms with van der Waals surface area (Å²) in [5, 5.41) is 0. The minimum atomic E-state index is -0.0731. The van der Waals surface area contributed by atoms with Crippen LogP contribution in [0.25, 0.3) is 0 Å². The Morgan fingerprint density at radius 3 is 2.95 bits per heavy atom. The van der Waals surface area contributed by atoms with Gasteiger partial charge < -0.3 is 14.1 Å². The Kier molecular flexibility index (Phi) is 3.53. The van der Waals surface area contributed by atoms with Crippen LogP contribution in [0.4, 0.5) is 5.69 Å². The molecule has 4 nitrogen and oxygen atoms in total. The van der Waals surface area contributed by atoms with E-state index >= 15 is 0 Å². The van der Waals surface area contributed by atoms with E-state index in [1.54, 1.807) is 18.1 Å². The maximum atomic E-state index is 12.7. The van der Waals surface area contributed by atoms with Gasteiger partial charge in [0.05, 0.1) is 24.6 Å². The third-order valence-corrected chi connectivity index (χ3v) is 4.11. The molecule has 2 heterocycles. The molecule has 0 bridgehead atoms. The largest absolute Gasteiger partial charge is 0.495 e. The second-order valence-corrected chi connectivity index (χ2v) is 5.36. The minimum Gasteiger partial charge on any atom is -0.495 e. The lowest BCUT2D eigenvalue weighted by Crippen LogP contribution is -2.35. The maximum Gasteiger partial charge on any atom is 0.262 e. The average Bonchev–Trinajstić information content (AvgIpc) is 2.91. The van der Waals surface area contributed by atoms with Crippen molar-refractivity contribution in [2.24, 2.45) is 0 Å². The van der Waals surface area contributed by atoms with Crippen molar-refractivity contribution in [3.05, 3.63) is 46.3 Å². The molecule has 0 radical (unpaired) electrons. The van der Waals surface area contributed by atoms with Crippen molar-refractivity contribution in [2.45, 2.75) is 12.8 Å². The molecular weight excluding hydrogens is 322 g/mol. The third-order valence-electron chi connectivity index (χ3n) is 3.49. The summed E-state index contributed by atoms with van der Waals surface area (Å²) in [6, 6.07) is 7.56. The second-order valence-electron chi connectivity index (χ2n) is 4.64. The molecule has 3 rings (SSSR count). The Morgan fingerprint density at radius 1 is 1.40 bits per heavy atom. The van der Waals surface area contributed by atoms with E-state index in [9.17, 15) is 4.79 Å². The van der Waals surface area contributed by atoms with Crippen molar-refractivity contribution in [1.29, 1.82) is 0 Å². The van der Waals surface area contributed by atoms with Crippen molar-refractivity contribution in [3.63, 3.8) is 0 Å². The Hall–Kier alpha value is -1.75.